The highest BCUT2D eigenvalue weighted by Gasteiger charge is 2.20. The number of nitrogens with one attached hydrogen (secondary N) is 2. The predicted octanol–water partition coefficient (Wildman–Crippen LogP) is 3.10. The van der Waals surface area contributed by atoms with E-state index in [1.165, 1.54) is 5.00 Å². The minimum absolute atomic E-state index is 0.442. The lowest BCUT2D eigenvalue weighted by Gasteiger charge is -2.33. The first kappa shape index (κ1) is 19.4. The van der Waals surface area contributed by atoms with E-state index < -0.39 is 0 Å². The molecule has 146 valence electrons. The highest BCUT2D eigenvalue weighted by molar-refractivity contribution is 7.14. The fraction of sp³-hybridized carbons (Fsp3) is 0.450. The van der Waals surface area contributed by atoms with Crippen LogP contribution in [0.2, 0.25) is 0 Å². The second-order valence-corrected chi connectivity index (χ2v) is 7.40. The van der Waals surface area contributed by atoms with Gasteiger partial charge in [-0.3, -0.25) is 4.99 Å². The Morgan fingerprint density at radius 3 is 2.59 bits per heavy atom. The quantitative estimate of drug-likeness (QED) is 0.588. The van der Waals surface area contributed by atoms with Crippen LogP contribution in [-0.4, -0.2) is 46.4 Å². The Morgan fingerprint density at radius 1 is 1.19 bits per heavy atom. The van der Waals surface area contributed by atoms with E-state index in [-0.39, 0.29) is 0 Å². The molecule has 2 N–H and O–H groups in total. The van der Waals surface area contributed by atoms with E-state index in [1.54, 1.807) is 14.2 Å². The Hall–Kier alpha value is -2.41. The molecule has 3 rings (SSSR count). The van der Waals surface area contributed by atoms with Crippen LogP contribution < -0.4 is 25.0 Å². The Labute approximate surface area is 165 Å². The van der Waals surface area contributed by atoms with Crippen molar-refractivity contribution in [3.63, 3.8) is 0 Å². The normalized spacial score (nSPS) is 15.5. The summed E-state index contributed by atoms with van der Waals surface area (Å²) in [5, 5.41) is 10.4. The number of anilines is 1. The van der Waals surface area contributed by atoms with Crippen molar-refractivity contribution < 1.29 is 9.47 Å². The van der Waals surface area contributed by atoms with E-state index in [1.807, 2.05) is 36.6 Å². The lowest BCUT2D eigenvalue weighted by Crippen LogP contribution is -2.48. The molecule has 6 nitrogen and oxygen atoms in total. The third-order valence-electron chi connectivity index (χ3n) is 4.79. The van der Waals surface area contributed by atoms with Crippen molar-refractivity contribution in [1.29, 1.82) is 0 Å². The van der Waals surface area contributed by atoms with Gasteiger partial charge in [-0.1, -0.05) is 6.07 Å². The molecule has 0 aliphatic carbocycles. The van der Waals surface area contributed by atoms with E-state index in [0.717, 1.165) is 49.0 Å². The summed E-state index contributed by atoms with van der Waals surface area (Å²) in [5.74, 6) is 2.31. The van der Waals surface area contributed by atoms with Crippen LogP contribution >= 0.6 is 11.3 Å². The molecule has 1 aliphatic heterocycles. The lowest BCUT2D eigenvalue weighted by atomic mass is 10.1. The van der Waals surface area contributed by atoms with E-state index in [0.29, 0.717) is 12.6 Å². The summed E-state index contributed by atoms with van der Waals surface area (Å²) in [6.07, 6.45) is 2.21. The van der Waals surface area contributed by atoms with Gasteiger partial charge in [-0.05, 0) is 48.1 Å². The van der Waals surface area contributed by atoms with E-state index >= 15 is 0 Å². The van der Waals surface area contributed by atoms with Gasteiger partial charge in [-0.15, -0.1) is 11.3 Å². The summed E-state index contributed by atoms with van der Waals surface area (Å²) in [6.45, 7) is 2.82. The molecular formula is C20H28N4O2S. The van der Waals surface area contributed by atoms with Gasteiger partial charge in [0.2, 0.25) is 0 Å². The van der Waals surface area contributed by atoms with Gasteiger partial charge < -0.3 is 25.0 Å². The van der Waals surface area contributed by atoms with E-state index in [4.69, 9.17) is 9.47 Å². The minimum atomic E-state index is 0.442. The molecule has 1 saturated heterocycles. The number of guanidine groups is 1. The number of hydrogen-bond donors (Lipinski definition) is 2. The maximum atomic E-state index is 5.37. The van der Waals surface area contributed by atoms with Gasteiger partial charge in [0.05, 0.1) is 19.2 Å². The molecular weight excluding hydrogens is 360 g/mol. The topological polar surface area (TPSA) is 58.1 Å². The number of ether oxygens (including phenoxy) is 2. The monoisotopic (exact) mass is 388 g/mol. The first-order chi connectivity index (χ1) is 13.2. The second-order valence-electron chi connectivity index (χ2n) is 6.47. The highest BCUT2D eigenvalue weighted by atomic mass is 32.1. The Balaban J connectivity index is 1.49. The Bertz CT molecular complexity index is 740. The first-order valence-electron chi connectivity index (χ1n) is 9.20. The SMILES string of the molecule is CN=C(NCc1ccc(OC)c(OC)c1)NC1CCN(c2cccs2)CC1. The molecule has 7 heteroatoms. The number of methoxy groups -OCH3 is 2. The van der Waals surface area contributed by atoms with Gasteiger partial charge in [0.1, 0.15) is 0 Å². The number of hydrogen-bond acceptors (Lipinski definition) is 5. The molecule has 2 aromatic rings. The number of thiophene rings is 1. The second kappa shape index (κ2) is 9.50. The van der Waals surface area contributed by atoms with Crippen LogP contribution in [-0.2, 0) is 6.54 Å². The average molecular weight is 389 g/mol. The van der Waals surface area contributed by atoms with Crippen LogP contribution in [0, 0.1) is 0 Å². The minimum Gasteiger partial charge on any atom is -0.493 e. The van der Waals surface area contributed by atoms with Crippen molar-refractivity contribution in [3.05, 3.63) is 41.3 Å². The molecule has 0 spiro atoms. The Kier molecular flexibility index (Phi) is 6.81. The van der Waals surface area contributed by atoms with E-state index in [9.17, 15) is 0 Å². The summed E-state index contributed by atoms with van der Waals surface area (Å²) in [5.41, 5.74) is 1.11. The van der Waals surface area contributed by atoms with Crippen molar-refractivity contribution in [2.45, 2.75) is 25.4 Å². The Morgan fingerprint density at radius 2 is 1.96 bits per heavy atom. The van der Waals surface area contributed by atoms with Crippen molar-refractivity contribution in [2.75, 3.05) is 39.3 Å². The number of piperidine rings is 1. The molecule has 0 saturated carbocycles. The van der Waals surface area contributed by atoms with Gasteiger partial charge in [-0.2, -0.15) is 0 Å². The molecule has 1 aliphatic rings. The maximum absolute atomic E-state index is 5.37. The standard InChI is InChI=1S/C20H28N4O2S/c1-21-20(22-14-15-6-7-17(25-2)18(13-15)26-3)23-16-8-10-24(11-9-16)19-5-4-12-27-19/h4-7,12-13,16H,8-11,14H2,1-3H3,(H2,21,22,23). The fourth-order valence-corrected chi connectivity index (χ4v) is 4.04. The van der Waals surface area contributed by atoms with Crippen molar-refractivity contribution in [1.82, 2.24) is 10.6 Å². The fourth-order valence-electron chi connectivity index (χ4n) is 3.26. The zero-order valence-electron chi connectivity index (χ0n) is 16.2. The summed E-state index contributed by atoms with van der Waals surface area (Å²) in [7, 11) is 5.11. The molecule has 0 unspecified atom stereocenters. The number of rotatable bonds is 6. The highest BCUT2D eigenvalue weighted by Crippen LogP contribution is 2.27. The summed E-state index contributed by atoms with van der Waals surface area (Å²) < 4.78 is 10.7. The van der Waals surface area contributed by atoms with Crippen molar-refractivity contribution in [2.24, 2.45) is 4.99 Å². The van der Waals surface area contributed by atoms with Crippen LogP contribution in [0.4, 0.5) is 5.00 Å². The van der Waals surface area contributed by atoms with Gasteiger partial charge >= 0.3 is 0 Å². The number of benzene rings is 1. The predicted molar refractivity (Wildman–Crippen MR) is 112 cm³/mol. The molecule has 27 heavy (non-hydrogen) atoms. The smallest absolute Gasteiger partial charge is 0.191 e. The van der Waals surface area contributed by atoms with Crippen molar-refractivity contribution >= 4 is 22.3 Å². The van der Waals surface area contributed by atoms with Crippen molar-refractivity contribution in [3.8, 4) is 11.5 Å². The lowest BCUT2D eigenvalue weighted by molar-refractivity contribution is 0.354. The summed E-state index contributed by atoms with van der Waals surface area (Å²) in [4.78, 5) is 6.83. The third kappa shape index (κ3) is 5.07. The van der Waals surface area contributed by atoms with Crippen LogP contribution in [0.25, 0.3) is 0 Å². The average Bonchev–Trinajstić information content (AvgIpc) is 3.26. The molecule has 0 radical (unpaired) electrons. The van der Waals surface area contributed by atoms with Crippen LogP contribution in [0.1, 0.15) is 18.4 Å². The van der Waals surface area contributed by atoms with Crippen LogP contribution in [0.5, 0.6) is 11.5 Å². The van der Waals surface area contributed by atoms with Crippen LogP contribution in [0.15, 0.2) is 40.7 Å². The molecule has 2 heterocycles. The summed E-state index contributed by atoms with van der Waals surface area (Å²) >= 11 is 1.81. The third-order valence-corrected chi connectivity index (χ3v) is 5.71. The molecule has 0 bridgehead atoms. The molecule has 0 amide bonds. The van der Waals surface area contributed by atoms with Crippen LogP contribution in [0.3, 0.4) is 0 Å². The zero-order chi connectivity index (χ0) is 19.1. The van der Waals surface area contributed by atoms with E-state index in [2.05, 4.69) is 38.0 Å². The molecule has 1 fully saturated rings. The molecule has 0 atom stereocenters. The summed E-state index contributed by atoms with van der Waals surface area (Å²) in [6, 6.07) is 10.7. The largest absolute Gasteiger partial charge is 0.493 e. The number of aliphatic imine (C=N–C) groups is 1. The maximum Gasteiger partial charge on any atom is 0.191 e. The van der Waals surface area contributed by atoms with Gasteiger partial charge in [0, 0.05) is 32.7 Å². The number of nitrogens with zero attached hydrogens (tertiary/aromatic N) is 2. The first-order valence-corrected chi connectivity index (χ1v) is 10.1. The van der Waals surface area contributed by atoms with Gasteiger partial charge in [0.25, 0.3) is 0 Å². The van der Waals surface area contributed by atoms with Gasteiger partial charge in [-0.25, -0.2) is 0 Å². The molecule has 1 aromatic heterocycles. The molecule has 1 aromatic carbocycles. The zero-order valence-corrected chi connectivity index (χ0v) is 17.0. The van der Waals surface area contributed by atoms with Gasteiger partial charge in [0.15, 0.2) is 17.5 Å².